The number of nitrogens with zero attached hydrogens (tertiary/aromatic N) is 5. The van der Waals surface area contributed by atoms with Crippen molar-refractivity contribution >= 4 is 38.1 Å². The molecule has 198 valence electrons. The predicted molar refractivity (Wildman–Crippen MR) is 152 cm³/mol. The number of hydrogen-bond acceptors (Lipinski definition) is 8. The number of hydrogen-bond donors (Lipinski definition) is 1. The Morgan fingerprint density at radius 2 is 1.65 bits per heavy atom. The second kappa shape index (κ2) is 11.0. The summed E-state index contributed by atoms with van der Waals surface area (Å²) in [5.74, 6) is 0.794. The van der Waals surface area contributed by atoms with Crippen LogP contribution in [0.2, 0.25) is 0 Å². The molecule has 1 aliphatic heterocycles. The minimum Gasteiger partial charge on any atom is -0.399 e. The number of piperazine rings is 1. The highest BCUT2D eigenvalue weighted by molar-refractivity contribution is 7.89. The lowest BCUT2D eigenvalue weighted by Crippen LogP contribution is -2.50. The molecule has 2 fully saturated rings. The van der Waals surface area contributed by atoms with Crippen LogP contribution in [0, 0.1) is 0 Å². The van der Waals surface area contributed by atoms with Crippen molar-refractivity contribution in [2.24, 2.45) is 0 Å². The molecule has 5 rings (SSSR count). The van der Waals surface area contributed by atoms with Gasteiger partial charge in [0.05, 0.1) is 5.25 Å². The van der Waals surface area contributed by atoms with Crippen molar-refractivity contribution in [1.82, 2.24) is 13.7 Å². The van der Waals surface area contributed by atoms with E-state index in [0.29, 0.717) is 26.2 Å². The molecular weight excluding hydrogens is 504 g/mol. The molecule has 0 radical (unpaired) electrons. The third kappa shape index (κ3) is 5.76. The second-order valence-corrected chi connectivity index (χ2v) is 13.2. The van der Waals surface area contributed by atoms with Gasteiger partial charge in [0.15, 0.2) is 5.82 Å². The van der Waals surface area contributed by atoms with Crippen molar-refractivity contribution < 1.29 is 8.42 Å². The fourth-order valence-corrected chi connectivity index (χ4v) is 8.08. The van der Waals surface area contributed by atoms with Gasteiger partial charge < -0.3 is 15.5 Å². The average molecular weight is 541 g/mol. The molecule has 1 saturated heterocycles. The first-order valence-electron chi connectivity index (χ1n) is 13.0. The molecule has 1 saturated carbocycles. The number of nitrogen functional groups attached to an aromatic ring is 1. The van der Waals surface area contributed by atoms with E-state index < -0.39 is 10.0 Å². The Morgan fingerprint density at radius 1 is 1.00 bits per heavy atom. The minimum atomic E-state index is -3.20. The van der Waals surface area contributed by atoms with E-state index in [-0.39, 0.29) is 11.2 Å². The van der Waals surface area contributed by atoms with Gasteiger partial charge >= 0.3 is 0 Å². The van der Waals surface area contributed by atoms with E-state index >= 15 is 0 Å². The van der Waals surface area contributed by atoms with Gasteiger partial charge in [-0.05, 0) is 54.7 Å². The van der Waals surface area contributed by atoms with Crippen LogP contribution in [0.5, 0.6) is 0 Å². The smallest absolute Gasteiger partial charge is 0.217 e. The monoisotopic (exact) mass is 540 g/mol. The first-order valence-corrected chi connectivity index (χ1v) is 15.3. The summed E-state index contributed by atoms with van der Waals surface area (Å²) in [6.45, 7) is 2.29. The van der Waals surface area contributed by atoms with Crippen molar-refractivity contribution in [3.05, 3.63) is 65.5 Å². The summed E-state index contributed by atoms with van der Waals surface area (Å²) in [7, 11) is 0.880. The molecule has 0 bridgehead atoms. The van der Waals surface area contributed by atoms with E-state index in [2.05, 4.69) is 46.2 Å². The van der Waals surface area contributed by atoms with Gasteiger partial charge in [-0.25, -0.2) is 13.4 Å². The second-order valence-electron chi connectivity index (χ2n) is 10.3. The van der Waals surface area contributed by atoms with Crippen LogP contribution >= 0.6 is 11.5 Å². The summed E-state index contributed by atoms with van der Waals surface area (Å²) in [6, 6.07) is 16.6. The zero-order chi connectivity index (χ0) is 26.0. The summed E-state index contributed by atoms with van der Waals surface area (Å²) in [6.07, 6.45) is 4.42. The number of aromatic nitrogens is 2. The van der Waals surface area contributed by atoms with Crippen LogP contribution in [0.15, 0.2) is 48.5 Å². The van der Waals surface area contributed by atoms with Crippen molar-refractivity contribution in [3.8, 4) is 0 Å². The zero-order valence-corrected chi connectivity index (χ0v) is 23.2. The Morgan fingerprint density at radius 3 is 2.27 bits per heavy atom. The van der Waals surface area contributed by atoms with Crippen LogP contribution in [0.25, 0.3) is 0 Å². The van der Waals surface area contributed by atoms with E-state index in [4.69, 9.17) is 15.1 Å². The molecule has 3 aromatic rings. The summed E-state index contributed by atoms with van der Waals surface area (Å²) >= 11 is 1.40. The molecule has 0 amide bonds. The van der Waals surface area contributed by atoms with Gasteiger partial charge in [0.1, 0.15) is 0 Å². The first-order chi connectivity index (χ1) is 17.8. The average Bonchev–Trinajstić information content (AvgIpc) is 3.62. The van der Waals surface area contributed by atoms with Crippen LogP contribution in [0.1, 0.15) is 48.6 Å². The maximum Gasteiger partial charge on any atom is 0.217 e. The van der Waals surface area contributed by atoms with E-state index in [0.717, 1.165) is 60.0 Å². The molecule has 2 aliphatic rings. The largest absolute Gasteiger partial charge is 0.399 e. The Kier molecular flexibility index (Phi) is 7.69. The molecule has 8 nitrogen and oxygen atoms in total. The molecule has 1 aliphatic carbocycles. The van der Waals surface area contributed by atoms with Crippen LogP contribution in [0.3, 0.4) is 0 Å². The van der Waals surface area contributed by atoms with Crippen LogP contribution in [-0.4, -0.2) is 67.6 Å². The molecule has 1 unspecified atom stereocenters. The minimum absolute atomic E-state index is 0.000149. The standard InChI is InChI=1S/C27H36N6O2S2/c1-31(2)23-13-7-20(8-14-23)19-25(21-9-11-22(28)12-10-21)26-29-27(36-30-26)32-15-17-33(18-16-32)37(34,35)24-5-3-4-6-24/h7-14,24-25H,3-6,15-19,28H2,1-2H3. The van der Waals surface area contributed by atoms with Crippen LogP contribution in [-0.2, 0) is 16.4 Å². The lowest BCUT2D eigenvalue weighted by atomic mass is 9.91. The lowest BCUT2D eigenvalue weighted by molar-refractivity contribution is 0.378. The van der Waals surface area contributed by atoms with Crippen LogP contribution < -0.4 is 15.5 Å². The highest BCUT2D eigenvalue weighted by atomic mass is 32.2. The SMILES string of the molecule is CN(C)c1ccc(CC(c2ccc(N)cc2)c2nsc(N3CCN(S(=O)(=O)C4CCCC4)CC3)n2)cc1. The van der Waals surface area contributed by atoms with E-state index in [1.54, 1.807) is 4.31 Å². The number of anilines is 3. The van der Waals surface area contributed by atoms with Crippen molar-refractivity contribution in [1.29, 1.82) is 0 Å². The van der Waals surface area contributed by atoms with Gasteiger partial charge in [-0.3, -0.25) is 0 Å². The summed E-state index contributed by atoms with van der Waals surface area (Å²) < 4.78 is 32.5. The van der Waals surface area contributed by atoms with E-state index in [9.17, 15) is 8.42 Å². The van der Waals surface area contributed by atoms with Crippen molar-refractivity contribution in [3.63, 3.8) is 0 Å². The molecule has 0 spiro atoms. The number of sulfonamides is 1. The van der Waals surface area contributed by atoms with Gasteiger partial charge in [-0.1, -0.05) is 37.1 Å². The van der Waals surface area contributed by atoms with Gasteiger partial charge in [0, 0.05) is 69.1 Å². The number of nitrogens with two attached hydrogens (primary N) is 1. The van der Waals surface area contributed by atoms with Gasteiger partial charge in [-0.2, -0.15) is 8.68 Å². The topological polar surface area (TPSA) is 95.7 Å². The maximum absolute atomic E-state index is 13.0. The van der Waals surface area contributed by atoms with Crippen LogP contribution in [0.4, 0.5) is 16.5 Å². The van der Waals surface area contributed by atoms with Gasteiger partial charge in [-0.15, -0.1) is 0 Å². The van der Waals surface area contributed by atoms with Gasteiger partial charge in [0.25, 0.3) is 0 Å². The molecule has 10 heteroatoms. The van der Waals surface area contributed by atoms with E-state index in [1.165, 1.54) is 17.1 Å². The van der Waals surface area contributed by atoms with Crippen molar-refractivity contribution in [2.75, 3.05) is 55.8 Å². The highest BCUT2D eigenvalue weighted by Crippen LogP contribution is 2.32. The van der Waals surface area contributed by atoms with E-state index in [1.807, 2.05) is 26.2 Å². The summed E-state index contributed by atoms with van der Waals surface area (Å²) in [5.41, 5.74) is 10.2. The number of rotatable bonds is 8. The third-order valence-corrected chi connectivity index (χ3v) is 10.8. The molecule has 2 N–H and O–H groups in total. The first kappa shape index (κ1) is 25.9. The summed E-state index contributed by atoms with van der Waals surface area (Å²) in [5, 5.41) is 0.663. The Bertz CT molecular complexity index is 1280. The predicted octanol–water partition coefficient (Wildman–Crippen LogP) is 3.96. The fourth-order valence-electron chi connectivity index (χ4n) is 5.28. The molecule has 2 aromatic carbocycles. The highest BCUT2D eigenvalue weighted by Gasteiger charge is 2.36. The van der Waals surface area contributed by atoms with Crippen molar-refractivity contribution in [2.45, 2.75) is 43.3 Å². The Balaban J connectivity index is 1.32. The Hall–Kier alpha value is -2.69. The quantitative estimate of drug-likeness (QED) is 0.432. The fraction of sp³-hybridized carbons (Fsp3) is 0.481. The maximum atomic E-state index is 13.0. The number of benzene rings is 2. The molecular formula is C27H36N6O2S2. The normalized spacial score (nSPS) is 18.3. The lowest BCUT2D eigenvalue weighted by Gasteiger charge is -2.35. The summed E-state index contributed by atoms with van der Waals surface area (Å²) in [4.78, 5) is 9.23. The molecule has 37 heavy (non-hydrogen) atoms. The molecule has 1 aromatic heterocycles. The molecule has 1 atom stereocenters. The third-order valence-electron chi connectivity index (χ3n) is 7.57. The molecule has 2 heterocycles. The zero-order valence-electron chi connectivity index (χ0n) is 21.6. The van der Waals surface area contributed by atoms with Gasteiger partial charge in [0.2, 0.25) is 15.2 Å². The Labute approximate surface area is 224 Å².